The van der Waals surface area contributed by atoms with E-state index in [2.05, 4.69) is 38.3 Å². The third-order valence-electron chi connectivity index (χ3n) is 5.33. The molecule has 1 rings (SSSR count). The molecule has 1 aromatic rings. The highest BCUT2D eigenvalue weighted by atomic mass is 16.2. The number of nitrogens with one attached hydrogen (secondary N) is 2. The van der Waals surface area contributed by atoms with Gasteiger partial charge in [0.15, 0.2) is 0 Å². The fourth-order valence-electron chi connectivity index (χ4n) is 3.25. The largest absolute Gasteiger partial charge is 0.352 e. The second-order valence-electron chi connectivity index (χ2n) is 7.48. The van der Waals surface area contributed by atoms with Gasteiger partial charge in [0.1, 0.15) is 0 Å². The minimum Gasteiger partial charge on any atom is -0.352 e. The van der Waals surface area contributed by atoms with E-state index in [-0.39, 0.29) is 11.8 Å². The van der Waals surface area contributed by atoms with Crippen LogP contribution in [-0.4, -0.2) is 24.9 Å². The van der Waals surface area contributed by atoms with Crippen LogP contribution in [0.25, 0.3) is 0 Å². The fraction of sp³-hybridized carbons (Fsp3) is 0.652. The Morgan fingerprint density at radius 3 is 1.56 bits per heavy atom. The maximum absolute atomic E-state index is 12.3. The molecule has 2 atom stereocenters. The summed E-state index contributed by atoms with van der Waals surface area (Å²) in [6.07, 6.45) is 7.97. The molecule has 0 aromatic heterocycles. The van der Waals surface area contributed by atoms with Crippen LogP contribution in [0.5, 0.6) is 0 Å². The smallest absolute Gasteiger partial charge is 0.251 e. The molecule has 2 N–H and O–H groups in total. The van der Waals surface area contributed by atoms with Gasteiger partial charge in [-0.1, -0.05) is 59.8 Å². The quantitative estimate of drug-likeness (QED) is 0.499. The standard InChI is InChI=1S/C23H38N2O2/c1-5-9-11-19(8-4)17-25-23(27)21-14-12-20(13-15-21)22(26)24-16-18(7-3)10-6-2/h12-15,18-19H,5-11,16-17H2,1-4H3,(H,24,26)(H,25,27). The van der Waals surface area contributed by atoms with Crippen LogP contribution in [0.4, 0.5) is 0 Å². The van der Waals surface area contributed by atoms with Crippen molar-refractivity contribution >= 4 is 11.8 Å². The summed E-state index contributed by atoms with van der Waals surface area (Å²) in [5.74, 6) is 0.935. The summed E-state index contributed by atoms with van der Waals surface area (Å²) in [7, 11) is 0. The number of benzene rings is 1. The summed E-state index contributed by atoms with van der Waals surface area (Å²) in [6, 6.07) is 6.94. The lowest BCUT2D eigenvalue weighted by atomic mass is 9.99. The molecular formula is C23H38N2O2. The van der Waals surface area contributed by atoms with Crippen molar-refractivity contribution in [2.75, 3.05) is 13.1 Å². The first-order valence-electron chi connectivity index (χ1n) is 10.7. The lowest BCUT2D eigenvalue weighted by Gasteiger charge is -2.16. The van der Waals surface area contributed by atoms with Crippen molar-refractivity contribution in [1.29, 1.82) is 0 Å². The number of unbranched alkanes of at least 4 members (excludes halogenated alkanes) is 1. The van der Waals surface area contributed by atoms with Gasteiger partial charge in [0, 0.05) is 24.2 Å². The van der Waals surface area contributed by atoms with Crippen LogP contribution in [0.2, 0.25) is 0 Å². The van der Waals surface area contributed by atoms with Gasteiger partial charge in [0.25, 0.3) is 11.8 Å². The lowest BCUT2D eigenvalue weighted by molar-refractivity contribution is 0.0934. The van der Waals surface area contributed by atoms with Crippen molar-refractivity contribution in [1.82, 2.24) is 10.6 Å². The van der Waals surface area contributed by atoms with Gasteiger partial charge in [-0.25, -0.2) is 0 Å². The molecule has 27 heavy (non-hydrogen) atoms. The van der Waals surface area contributed by atoms with Gasteiger partial charge in [-0.15, -0.1) is 0 Å². The predicted octanol–water partition coefficient (Wildman–Crippen LogP) is 5.19. The van der Waals surface area contributed by atoms with Crippen LogP contribution in [0.1, 0.15) is 93.4 Å². The number of hydrogen-bond donors (Lipinski definition) is 2. The topological polar surface area (TPSA) is 58.2 Å². The minimum atomic E-state index is -0.0675. The SMILES string of the molecule is CCCCC(CC)CNC(=O)c1ccc(C(=O)NCC(CC)CCC)cc1. The average Bonchev–Trinajstić information content (AvgIpc) is 2.70. The molecule has 152 valence electrons. The molecule has 0 saturated heterocycles. The van der Waals surface area contributed by atoms with Crippen molar-refractivity contribution in [3.8, 4) is 0 Å². The van der Waals surface area contributed by atoms with E-state index in [1.165, 1.54) is 12.8 Å². The molecule has 0 aliphatic rings. The normalized spacial score (nSPS) is 13.0. The first-order chi connectivity index (χ1) is 13.0. The summed E-state index contributed by atoms with van der Waals surface area (Å²) >= 11 is 0. The van der Waals surface area contributed by atoms with E-state index in [0.717, 1.165) is 32.1 Å². The first-order valence-corrected chi connectivity index (χ1v) is 10.7. The van der Waals surface area contributed by atoms with E-state index in [1.54, 1.807) is 24.3 Å². The molecule has 0 radical (unpaired) electrons. The van der Waals surface area contributed by atoms with E-state index in [1.807, 2.05) is 0 Å². The van der Waals surface area contributed by atoms with E-state index < -0.39 is 0 Å². The Labute approximate surface area is 165 Å². The molecule has 0 heterocycles. The Bertz CT molecular complexity index is 554. The van der Waals surface area contributed by atoms with Crippen molar-refractivity contribution in [3.05, 3.63) is 35.4 Å². The van der Waals surface area contributed by atoms with E-state index in [9.17, 15) is 9.59 Å². The summed E-state index contributed by atoms with van der Waals surface area (Å²) in [5.41, 5.74) is 1.21. The third-order valence-corrected chi connectivity index (χ3v) is 5.33. The maximum Gasteiger partial charge on any atom is 0.251 e. The molecule has 4 nitrogen and oxygen atoms in total. The second-order valence-corrected chi connectivity index (χ2v) is 7.48. The zero-order chi connectivity index (χ0) is 20.1. The van der Waals surface area contributed by atoms with Crippen LogP contribution < -0.4 is 10.6 Å². The zero-order valence-electron chi connectivity index (χ0n) is 17.6. The Morgan fingerprint density at radius 1 is 0.741 bits per heavy atom. The molecule has 0 saturated carbocycles. The molecule has 2 unspecified atom stereocenters. The fourth-order valence-corrected chi connectivity index (χ4v) is 3.25. The van der Waals surface area contributed by atoms with Gasteiger partial charge < -0.3 is 10.6 Å². The van der Waals surface area contributed by atoms with Crippen molar-refractivity contribution in [2.45, 2.75) is 72.6 Å². The number of amides is 2. The number of rotatable bonds is 13. The molecular weight excluding hydrogens is 336 g/mol. The highest BCUT2D eigenvalue weighted by Gasteiger charge is 2.12. The van der Waals surface area contributed by atoms with Crippen LogP contribution in [0.15, 0.2) is 24.3 Å². The van der Waals surface area contributed by atoms with Crippen molar-refractivity contribution < 1.29 is 9.59 Å². The third kappa shape index (κ3) is 8.59. The van der Waals surface area contributed by atoms with Gasteiger partial charge in [0.05, 0.1) is 0 Å². The van der Waals surface area contributed by atoms with Crippen LogP contribution in [0.3, 0.4) is 0 Å². The second kappa shape index (κ2) is 13.3. The number of carbonyl (C=O) groups excluding carboxylic acids is 2. The van der Waals surface area contributed by atoms with Gasteiger partial charge in [-0.2, -0.15) is 0 Å². The van der Waals surface area contributed by atoms with Crippen molar-refractivity contribution in [2.24, 2.45) is 11.8 Å². The average molecular weight is 375 g/mol. The van der Waals surface area contributed by atoms with Gasteiger partial charge >= 0.3 is 0 Å². The number of carbonyl (C=O) groups is 2. The molecule has 0 aliphatic carbocycles. The molecule has 0 fully saturated rings. The maximum atomic E-state index is 12.3. The molecule has 0 bridgehead atoms. The van der Waals surface area contributed by atoms with Gasteiger partial charge in [-0.05, 0) is 48.9 Å². The van der Waals surface area contributed by atoms with E-state index >= 15 is 0 Å². The lowest BCUT2D eigenvalue weighted by Crippen LogP contribution is -2.30. The molecule has 0 aliphatic heterocycles. The Kier molecular flexibility index (Phi) is 11.5. The monoisotopic (exact) mass is 374 g/mol. The van der Waals surface area contributed by atoms with Crippen LogP contribution >= 0.6 is 0 Å². The summed E-state index contributed by atoms with van der Waals surface area (Å²) in [4.78, 5) is 24.6. The zero-order valence-corrected chi connectivity index (χ0v) is 17.6. The summed E-state index contributed by atoms with van der Waals surface area (Å²) in [6.45, 7) is 10.1. The Balaban J connectivity index is 2.52. The molecule has 2 amide bonds. The van der Waals surface area contributed by atoms with Crippen molar-refractivity contribution in [3.63, 3.8) is 0 Å². The highest BCUT2D eigenvalue weighted by molar-refractivity contribution is 5.97. The Hall–Kier alpha value is -1.84. The highest BCUT2D eigenvalue weighted by Crippen LogP contribution is 2.12. The van der Waals surface area contributed by atoms with Crippen LogP contribution in [0, 0.1) is 11.8 Å². The molecule has 0 spiro atoms. The number of hydrogen-bond acceptors (Lipinski definition) is 2. The van der Waals surface area contributed by atoms with Gasteiger partial charge in [0.2, 0.25) is 0 Å². The van der Waals surface area contributed by atoms with Crippen LogP contribution in [-0.2, 0) is 0 Å². The first kappa shape index (κ1) is 23.2. The summed E-state index contributed by atoms with van der Waals surface area (Å²) < 4.78 is 0. The predicted molar refractivity (Wildman–Crippen MR) is 113 cm³/mol. The van der Waals surface area contributed by atoms with E-state index in [4.69, 9.17) is 0 Å². The molecule has 1 aromatic carbocycles. The summed E-state index contributed by atoms with van der Waals surface area (Å²) in [5, 5.41) is 6.04. The van der Waals surface area contributed by atoms with E-state index in [0.29, 0.717) is 36.1 Å². The Morgan fingerprint density at radius 2 is 1.19 bits per heavy atom. The van der Waals surface area contributed by atoms with Gasteiger partial charge in [-0.3, -0.25) is 9.59 Å². The molecule has 4 heteroatoms. The minimum absolute atomic E-state index is 0.0640.